The molecule has 25 heavy (non-hydrogen) atoms. The number of carbonyl (C=O) groups excluding carboxylic acids is 1. The van der Waals surface area contributed by atoms with Crippen LogP contribution in [0.15, 0.2) is 48.7 Å². The van der Waals surface area contributed by atoms with Gasteiger partial charge >= 0.3 is 0 Å². The van der Waals surface area contributed by atoms with E-state index in [1.54, 1.807) is 13.1 Å². The topological polar surface area (TPSA) is 51.7 Å². The Balaban J connectivity index is 1.48. The Labute approximate surface area is 148 Å². The molecule has 1 amide bonds. The molecule has 132 valence electrons. The maximum atomic E-state index is 12.6. The monoisotopic (exact) mass is 340 g/mol. The van der Waals surface area contributed by atoms with E-state index in [2.05, 4.69) is 4.98 Å². The predicted octanol–water partition coefficient (Wildman–Crippen LogP) is 3.23. The summed E-state index contributed by atoms with van der Waals surface area (Å²) in [6.07, 6.45) is 3.03. The molecular weight excluding hydrogens is 316 g/mol. The van der Waals surface area contributed by atoms with Gasteiger partial charge in [0.2, 0.25) is 0 Å². The fourth-order valence-corrected chi connectivity index (χ4v) is 2.92. The number of nitrogens with zero attached hydrogens (tertiary/aromatic N) is 2. The second-order valence-electron chi connectivity index (χ2n) is 6.35. The second-order valence-corrected chi connectivity index (χ2v) is 6.35. The fraction of sp³-hybridized carbons (Fsp3) is 0.400. The van der Waals surface area contributed by atoms with Crippen molar-refractivity contribution in [2.24, 2.45) is 0 Å². The maximum absolute atomic E-state index is 12.6. The second kappa shape index (κ2) is 8.01. The summed E-state index contributed by atoms with van der Waals surface area (Å²) in [6.45, 7) is 5.12. The lowest BCUT2D eigenvalue weighted by molar-refractivity contribution is -0.139. The Morgan fingerprint density at radius 2 is 1.84 bits per heavy atom. The number of aryl methyl sites for hydroxylation is 1. The fourth-order valence-electron chi connectivity index (χ4n) is 2.92. The third-order valence-corrected chi connectivity index (χ3v) is 4.34. The Kier molecular flexibility index (Phi) is 5.53. The minimum atomic E-state index is -0.485. The van der Waals surface area contributed by atoms with Crippen LogP contribution in [-0.4, -0.2) is 41.1 Å². The van der Waals surface area contributed by atoms with Crippen molar-refractivity contribution in [2.45, 2.75) is 38.9 Å². The number of aromatic nitrogens is 1. The number of carbonyl (C=O) groups is 1. The summed E-state index contributed by atoms with van der Waals surface area (Å²) >= 11 is 0. The van der Waals surface area contributed by atoms with Crippen LogP contribution in [0.1, 0.15) is 25.5 Å². The van der Waals surface area contributed by atoms with Crippen LogP contribution in [0, 0.1) is 6.92 Å². The first-order valence-electron chi connectivity index (χ1n) is 8.71. The summed E-state index contributed by atoms with van der Waals surface area (Å²) in [5.41, 5.74) is 0.972. The number of piperidine rings is 1. The number of para-hydroxylation sites is 1. The summed E-state index contributed by atoms with van der Waals surface area (Å²) in [7, 11) is 0. The normalized spacial score (nSPS) is 16.3. The van der Waals surface area contributed by atoms with Crippen molar-refractivity contribution >= 4 is 5.91 Å². The number of likely N-dealkylation sites (tertiary alicyclic amines) is 1. The van der Waals surface area contributed by atoms with Crippen LogP contribution in [-0.2, 0) is 4.79 Å². The molecule has 1 aliphatic rings. The standard InChI is InChI=1S/C20H24N2O3/c1-15-8-9-19(14-21-15)25-18-10-12-22(13-11-18)20(23)16(2)24-17-6-4-3-5-7-17/h3-9,14,16,18H,10-13H2,1-2H3. The summed E-state index contributed by atoms with van der Waals surface area (Å²) in [6, 6.07) is 13.3. The van der Waals surface area contributed by atoms with E-state index in [0.29, 0.717) is 18.8 Å². The molecule has 3 rings (SSSR count). The number of hydrogen-bond acceptors (Lipinski definition) is 4. The molecule has 5 heteroatoms. The van der Waals surface area contributed by atoms with Gasteiger partial charge in [-0.15, -0.1) is 0 Å². The Morgan fingerprint density at radius 1 is 1.12 bits per heavy atom. The van der Waals surface area contributed by atoms with Crippen LogP contribution in [0.5, 0.6) is 11.5 Å². The molecule has 0 spiro atoms. The molecule has 1 aromatic heterocycles. The molecule has 0 bridgehead atoms. The molecule has 2 aromatic rings. The molecule has 1 aromatic carbocycles. The number of pyridine rings is 1. The van der Waals surface area contributed by atoms with Gasteiger partial charge in [-0.2, -0.15) is 0 Å². The summed E-state index contributed by atoms with van der Waals surface area (Å²) in [4.78, 5) is 18.7. The summed E-state index contributed by atoms with van der Waals surface area (Å²) < 4.78 is 11.7. The van der Waals surface area contributed by atoms with Crippen molar-refractivity contribution < 1.29 is 14.3 Å². The van der Waals surface area contributed by atoms with Crippen molar-refractivity contribution in [1.82, 2.24) is 9.88 Å². The van der Waals surface area contributed by atoms with Crippen molar-refractivity contribution in [3.05, 3.63) is 54.4 Å². The lowest BCUT2D eigenvalue weighted by atomic mass is 10.1. The average molecular weight is 340 g/mol. The van der Waals surface area contributed by atoms with E-state index in [1.165, 1.54) is 0 Å². The van der Waals surface area contributed by atoms with E-state index in [1.807, 2.05) is 54.3 Å². The van der Waals surface area contributed by atoms with E-state index in [0.717, 1.165) is 24.3 Å². The maximum Gasteiger partial charge on any atom is 0.263 e. The molecule has 0 aliphatic carbocycles. The number of hydrogen-bond donors (Lipinski definition) is 0. The van der Waals surface area contributed by atoms with Gasteiger partial charge < -0.3 is 14.4 Å². The quantitative estimate of drug-likeness (QED) is 0.838. The molecule has 5 nitrogen and oxygen atoms in total. The zero-order valence-electron chi connectivity index (χ0n) is 14.7. The lowest BCUT2D eigenvalue weighted by Crippen LogP contribution is -2.46. The molecule has 0 radical (unpaired) electrons. The Hall–Kier alpha value is -2.56. The summed E-state index contributed by atoms with van der Waals surface area (Å²) in [5.74, 6) is 1.53. The van der Waals surface area contributed by atoms with Crippen LogP contribution in [0.4, 0.5) is 0 Å². The minimum Gasteiger partial charge on any atom is -0.489 e. The van der Waals surface area contributed by atoms with Gasteiger partial charge in [-0.3, -0.25) is 9.78 Å². The minimum absolute atomic E-state index is 0.0271. The zero-order chi connectivity index (χ0) is 17.6. The molecular formula is C20H24N2O3. The first kappa shape index (κ1) is 17.3. The van der Waals surface area contributed by atoms with Crippen molar-refractivity contribution in [1.29, 1.82) is 0 Å². The molecule has 1 saturated heterocycles. The van der Waals surface area contributed by atoms with Crippen molar-refractivity contribution in [2.75, 3.05) is 13.1 Å². The third-order valence-electron chi connectivity index (χ3n) is 4.34. The Morgan fingerprint density at radius 3 is 2.48 bits per heavy atom. The van der Waals surface area contributed by atoms with Gasteiger partial charge in [-0.05, 0) is 38.1 Å². The van der Waals surface area contributed by atoms with Gasteiger partial charge in [0.05, 0.1) is 6.20 Å². The summed E-state index contributed by atoms with van der Waals surface area (Å²) in [5, 5.41) is 0. The van der Waals surface area contributed by atoms with Crippen LogP contribution < -0.4 is 9.47 Å². The van der Waals surface area contributed by atoms with E-state index in [4.69, 9.17) is 9.47 Å². The smallest absolute Gasteiger partial charge is 0.263 e. The van der Waals surface area contributed by atoms with Crippen LogP contribution in [0.25, 0.3) is 0 Å². The third kappa shape index (κ3) is 4.72. The first-order valence-corrected chi connectivity index (χ1v) is 8.71. The van der Waals surface area contributed by atoms with Gasteiger partial charge in [-0.25, -0.2) is 0 Å². The van der Waals surface area contributed by atoms with Crippen LogP contribution in [0.2, 0.25) is 0 Å². The first-order chi connectivity index (χ1) is 12.1. The number of rotatable bonds is 5. The number of amides is 1. The van der Waals surface area contributed by atoms with Crippen LogP contribution >= 0.6 is 0 Å². The predicted molar refractivity (Wildman–Crippen MR) is 95.7 cm³/mol. The molecule has 1 aliphatic heterocycles. The van der Waals surface area contributed by atoms with Gasteiger partial charge in [-0.1, -0.05) is 18.2 Å². The zero-order valence-corrected chi connectivity index (χ0v) is 14.7. The average Bonchev–Trinajstić information content (AvgIpc) is 2.64. The van der Waals surface area contributed by atoms with E-state index < -0.39 is 6.10 Å². The SMILES string of the molecule is Cc1ccc(OC2CCN(C(=O)C(C)Oc3ccccc3)CC2)cn1. The molecule has 1 fully saturated rings. The van der Waals surface area contributed by atoms with Gasteiger partial charge in [0.15, 0.2) is 6.10 Å². The Bertz CT molecular complexity index is 680. The molecule has 0 saturated carbocycles. The van der Waals surface area contributed by atoms with Gasteiger partial charge in [0, 0.05) is 31.6 Å². The number of ether oxygens (including phenoxy) is 2. The van der Waals surface area contributed by atoms with Gasteiger partial charge in [0.1, 0.15) is 17.6 Å². The lowest BCUT2D eigenvalue weighted by Gasteiger charge is -2.33. The van der Waals surface area contributed by atoms with Gasteiger partial charge in [0.25, 0.3) is 5.91 Å². The molecule has 2 heterocycles. The molecule has 1 atom stereocenters. The highest BCUT2D eigenvalue weighted by molar-refractivity contribution is 5.81. The van der Waals surface area contributed by atoms with Crippen molar-refractivity contribution in [3.8, 4) is 11.5 Å². The van der Waals surface area contributed by atoms with E-state index >= 15 is 0 Å². The molecule has 0 N–H and O–H groups in total. The molecule has 1 unspecified atom stereocenters. The van der Waals surface area contributed by atoms with Crippen LogP contribution in [0.3, 0.4) is 0 Å². The highest BCUT2D eigenvalue weighted by Crippen LogP contribution is 2.20. The highest BCUT2D eigenvalue weighted by Gasteiger charge is 2.27. The van der Waals surface area contributed by atoms with E-state index in [-0.39, 0.29) is 12.0 Å². The largest absolute Gasteiger partial charge is 0.489 e. The number of benzene rings is 1. The highest BCUT2D eigenvalue weighted by atomic mass is 16.5. The van der Waals surface area contributed by atoms with E-state index in [9.17, 15) is 4.79 Å². The van der Waals surface area contributed by atoms with Crippen molar-refractivity contribution in [3.63, 3.8) is 0 Å².